The predicted molar refractivity (Wildman–Crippen MR) is 238 cm³/mol. The van der Waals surface area contributed by atoms with Crippen molar-refractivity contribution < 1.29 is 66.8 Å². The Labute approximate surface area is 377 Å². The van der Waals surface area contributed by atoms with Gasteiger partial charge < -0.3 is 59.6 Å². The van der Waals surface area contributed by atoms with E-state index in [4.69, 9.17) is 53.4 Å². The van der Waals surface area contributed by atoms with Gasteiger partial charge in [0, 0.05) is 59.4 Å². The summed E-state index contributed by atoms with van der Waals surface area (Å²) in [6, 6.07) is -3.81. The van der Waals surface area contributed by atoms with Crippen molar-refractivity contribution in [3.05, 3.63) is 0 Å². The average molecular weight is 907 g/mol. The van der Waals surface area contributed by atoms with Gasteiger partial charge in [0.05, 0.1) is 25.4 Å². The molecule has 3 amide bonds. The molecule has 1 heterocycles. The number of ketones is 1. The van der Waals surface area contributed by atoms with Gasteiger partial charge in [0.25, 0.3) is 0 Å². The van der Waals surface area contributed by atoms with Gasteiger partial charge in [-0.2, -0.15) is 0 Å². The third-order valence-corrected chi connectivity index (χ3v) is 10.1. The summed E-state index contributed by atoms with van der Waals surface area (Å²) in [7, 11) is 0. The first-order valence-corrected chi connectivity index (χ1v) is 23.4. The zero-order valence-corrected chi connectivity index (χ0v) is 40.8. The summed E-state index contributed by atoms with van der Waals surface area (Å²) in [4.78, 5) is 64.4. The first kappa shape index (κ1) is 58.7. The van der Waals surface area contributed by atoms with E-state index in [0.717, 1.165) is 25.7 Å². The molecular formula is C45H86N4O14. The van der Waals surface area contributed by atoms with Gasteiger partial charge >= 0.3 is 0 Å². The topological polar surface area (TPSA) is 223 Å². The number of rotatable bonds is 36. The third kappa shape index (κ3) is 21.2. The van der Waals surface area contributed by atoms with Crippen LogP contribution >= 0.6 is 0 Å². The zero-order chi connectivity index (χ0) is 47.5. The van der Waals surface area contributed by atoms with Crippen molar-refractivity contribution in [1.29, 1.82) is 0 Å². The van der Waals surface area contributed by atoms with E-state index in [1.165, 1.54) is 13.8 Å². The van der Waals surface area contributed by atoms with E-state index in [-0.39, 0.29) is 30.8 Å². The second-order valence-corrected chi connectivity index (χ2v) is 16.6. The highest BCUT2D eigenvalue weighted by atomic mass is 17.2. The first-order chi connectivity index (χ1) is 30.0. The fourth-order valence-corrected chi connectivity index (χ4v) is 6.91. The maximum absolute atomic E-state index is 14.0. The van der Waals surface area contributed by atoms with E-state index in [2.05, 4.69) is 16.0 Å². The number of ether oxygens (including phenoxy) is 8. The number of carbonyl (C=O) groups is 4. The Hall–Kier alpha value is -2.36. The molecule has 18 heteroatoms. The lowest BCUT2D eigenvalue weighted by atomic mass is 9.95. The summed E-state index contributed by atoms with van der Waals surface area (Å²) < 4.78 is 50.1. The van der Waals surface area contributed by atoms with Crippen LogP contribution in [-0.4, -0.2) is 156 Å². The standard InChI is InChI=1S/C45H86N4O14/c1-14-20-54-26-34-41(57-23-17-4)43(59-25-19-6)38(48-33(13)51)45(61-34)60-31(11)37(39(52)28(7)8)49-44(53)36(46)30(10)62-63-35(27-55-21-15-2)42(58-24-18-5)40(56-22-16-3)29(9)47-32(12)50/h28-31,34-38,40-43,45H,14-27,46H2,1-13H3,(H,47,50)(H,48,51)(H,49,53)/t29-,30?,31?,34?,35?,36?,37?,38?,40?,41?,42?,43?,45?/m1/s1. The molecule has 1 fully saturated rings. The van der Waals surface area contributed by atoms with Crippen molar-refractivity contribution in [3.63, 3.8) is 0 Å². The van der Waals surface area contributed by atoms with Crippen LogP contribution in [0.15, 0.2) is 0 Å². The van der Waals surface area contributed by atoms with Gasteiger partial charge in [-0.25, -0.2) is 9.78 Å². The largest absolute Gasteiger partial charge is 0.379 e. The van der Waals surface area contributed by atoms with Crippen LogP contribution in [0.1, 0.15) is 129 Å². The molecule has 0 saturated carbocycles. The summed E-state index contributed by atoms with van der Waals surface area (Å²) in [5.74, 6) is -2.10. The lowest BCUT2D eigenvalue weighted by molar-refractivity contribution is -0.373. The first-order valence-electron chi connectivity index (χ1n) is 23.4. The summed E-state index contributed by atoms with van der Waals surface area (Å²) in [5, 5.41) is 8.65. The average Bonchev–Trinajstić information content (AvgIpc) is 3.23. The number of hydrogen-bond acceptors (Lipinski definition) is 15. The van der Waals surface area contributed by atoms with Crippen molar-refractivity contribution >= 4 is 23.5 Å². The van der Waals surface area contributed by atoms with E-state index in [9.17, 15) is 19.2 Å². The number of Topliss-reactive ketones (excluding diaryl/α,β-unsaturated/α-hetero) is 1. The molecule has 5 N–H and O–H groups in total. The molecule has 12 unspecified atom stereocenters. The van der Waals surface area contributed by atoms with Crippen molar-refractivity contribution in [2.24, 2.45) is 11.7 Å². The van der Waals surface area contributed by atoms with Gasteiger partial charge in [-0.1, -0.05) is 55.4 Å². The van der Waals surface area contributed by atoms with Gasteiger partial charge in [0.15, 0.2) is 12.1 Å². The van der Waals surface area contributed by atoms with Crippen LogP contribution in [0.5, 0.6) is 0 Å². The van der Waals surface area contributed by atoms with E-state index in [1.54, 1.807) is 27.7 Å². The Morgan fingerprint density at radius 3 is 1.75 bits per heavy atom. The fourth-order valence-electron chi connectivity index (χ4n) is 6.91. The molecule has 1 saturated heterocycles. The number of carbonyl (C=O) groups excluding carboxylic acids is 4. The maximum atomic E-state index is 14.0. The third-order valence-electron chi connectivity index (χ3n) is 10.1. The molecule has 0 spiro atoms. The van der Waals surface area contributed by atoms with Crippen molar-refractivity contribution in [1.82, 2.24) is 16.0 Å². The fraction of sp³-hybridized carbons (Fsp3) is 0.911. The van der Waals surface area contributed by atoms with E-state index >= 15 is 0 Å². The van der Waals surface area contributed by atoms with Gasteiger partial charge in [-0.05, 0) is 59.3 Å². The quantitative estimate of drug-likeness (QED) is 0.0398. The van der Waals surface area contributed by atoms with Crippen LogP contribution in [0.3, 0.4) is 0 Å². The van der Waals surface area contributed by atoms with E-state index in [1.807, 2.05) is 48.5 Å². The molecule has 370 valence electrons. The Balaban J connectivity index is 3.45. The predicted octanol–water partition coefficient (Wildman–Crippen LogP) is 3.92. The minimum atomic E-state index is -1.32. The summed E-state index contributed by atoms with van der Waals surface area (Å²) in [6.45, 7) is 26.0. The molecule has 0 aromatic heterocycles. The molecule has 18 nitrogen and oxygen atoms in total. The monoisotopic (exact) mass is 907 g/mol. The van der Waals surface area contributed by atoms with Gasteiger partial charge in [0.2, 0.25) is 17.7 Å². The molecule has 13 atom stereocenters. The van der Waals surface area contributed by atoms with Crippen LogP contribution < -0.4 is 21.7 Å². The SMILES string of the molecule is CCCOCC1OC(OC(C)C(NC(=O)C(N)C(C)OOC(COCCC)C(OCCC)C(OCCC)[C@@H](C)NC(C)=O)C(=O)C(C)C)C(NC(C)=O)C(OCCC)C1OCCC. The number of hydrogen-bond donors (Lipinski definition) is 4. The van der Waals surface area contributed by atoms with Gasteiger partial charge in [0.1, 0.15) is 60.9 Å². The summed E-state index contributed by atoms with van der Waals surface area (Å²) in [6.07, 6.45) is -2.90. The zero-order valence-electron chi connectivity index (χ0n) is 40.8. The molecule has 0 aliphatic carbocycles. The number of amides is 3. The Morgan fingerprint density at radius 2 is 1.21 bits per heavy atom. The van der Waals surface area contributed by atoms with Crippen LogP contribution in [-0.2, 0) is 66.8 Å². The second kappa shape index (κ2) is 33.2. The summed E-state index contributed by atoms with van der Waals surface area (Å²) in [5.41, 5.74) is 6.52. The normalized spacial score (nSPS) is 22.9. The highest BCUT2D eigenvalue weighted by Gasteiger charge is 2.50. The van der Waals surface area contributed by atoms with E-state index in [0.29, 0.717) is 52.5 Å². The minimum absolute atomic E-state index is 0.0547. The van der Waals surface area contributed by atoms with E-state index < -0.39 is 91.1 Å². The van der Waals surface area contributed by atoms with Crippen LogP contribution in [0.25, 0.3) is 0 Å². The molecule has 1 rings (SSSR count). The second-order valence-electron chi connectivity index (χ2n) is 16.6. The molecule has 63 heavy (non-hydrogen) atoms. The van der Waals surface area contributed by atoms with Crippen molar-refractivity contribution in [3.8, 4) is 0 Å². The minimum Gasteiger partial charge on any atom is -0.379 e. The molecule has 1 aliphatic heterocycles. The molecule has 1 aliphatic rings. The van der Waals surface area contributed by atoms with Gasteiger partial charge in [-0.3, -0.25) is 19.2 Å². The van der Waals surface area contributed by atoms with Crippen LogP contribution in [0, 0.1) is 5.92 Å². The Morgan fingerprint density at radius 1 is 0.651 bits per heavy atom. The molecule has 0 aromatic rings. The van der Waals surface area contributed by atoms with Crippen molar-refractivity contribution in [2.45, 2.75) is 208 Å². The number of nitrogens with one attached hydrogen (secondary N) is 3. The highest BCUT2D eigenvalue weighted by molar-refractivity contribution is 5.92. The molecular weight excluding hydrogens is 821 g/mol. The lowest BCUT2D eigenvalue weighted by Crippen LogP contribution is -2.67. The summed E-state index contributed by atoms with van der Waals surface area (Å²) >= 11 is 0. The lowest BCUT2D eigenvalue weighted by Gasteiger charge is -2.47. The number of nitrogens with two attached hydrogens (primary N) is 1. The van der Waals surface area contributed by atoms with Crippen LogP contribution in [0.4, 0.5) is 0 Å². The Kier molecular flexibility index (Phi) is 30.9. The molecule has 0 bridgehead atoms. The molecule has 0 aromatic carbocycles. The maximum Gasteiger partial charge on any atom is 0.240 e. The highest BCUT2D eigenvalue weighted by Crippen LogP contribution is 2.29. The molecule has 0 radical (unpaired) electrons. The Bertz CT molecular complexity index is 1270. The van der Waals surface area contributed by atoms with Gasteiger partial charge in [-0.15, -0.1) is 0 Å². The van der Waals surface area contributed by atoms with Crippen molar-refractivity contribution in [2.75, 3.05) is 52.9 Å². The van der Waals surface area contributed by atoms with Crippen LogP contribution in [0.2, 0.25) is 0 Å². The smallest absolute Gasteiger partial charge is 0.240 e.